The summed E-state index contributed by atoms with van der Waals surface area (Å²) in [6.45, 7) is 7.51. The molecule has 0 aromatic carbocycles. The molecule has 0 aromatic rings. The molecular weight excluding hydrogens is 188 g/mol. The molecule has 0 amide bonds. The first-order valence-electron chi connectivity index (χ1n) is 4.30. The average Bonchev–Trinajstić information content (AvgIpc) is 1.81. The molecule has 0 bridgehead atoms. The van der Waals surface area contributed by atoms with Crippen molar-refractivity contribution in [2.75, 3.05) is 0 Å². The molecule has 76 valence electrons. The number of hydrogen-bond acceptors (Lipinski definition) is 1. The van der Waals surface area contributed by atoms with E-state index >= 15 is 0 Å². The Balaban J connectivity index is 4.47. The first kappa shape index (κ1) is 12.5. The lowest BCUT2D eigenvalue weighted by Gasteiger charge is -2.25. The molecule has 3 heteroatoms. The minimum atomic E-state index is -0.762. The fourth-order valence-electron chi connectivity index (χ4n) is 1.11. The van der Waals surface area contributed by atoms with Crippen molar-refractivity contribution in [1.82, 2.24) is 0 Å². The fourth-order valence-corrected chi connectivity index (χ4v) is 1.19. The van der Waals surface area contributed by atoms with E-state index in [1.165, 1.54) is 0 Å². The van der Waals surface area contributed by atoms with E-state index in [1.807, 2.05) is 20.8 Å². The van der Waals surface area contributed by atoms with Crippen LogP contribution in [0, 0.1) is 11.3 Å². The number of carbonyl (C=O) groups is 1. The van der Waals surface area contributed by atoms with Crippen LogP contribution in [-0.2, 0) is 4.79 Å². The predicted molar refractivity (Wildman–Crippen MR) is 54.8 cm³/mol. The highest BCUT2D eigenvalue weighted by molar-refractivity contribution is 6.29. The number of halogens is 1. The van der Waals surface area contributed by atoms with Crippen LogP contribution in [0.5, 0.6) is 0 Å². The van der Waals surface area contributed by atoms with E-state index in [-0.39, 0.29) is 11.3 Å². The van der Waals surface area contributed by atoms with Gasteiger partial charge in [0.1, 0.15) is 0 Å². The maximum absolute atomic E-state index is 10.9. The quantitative estimate of drug-likeness (QED) is 0.766. The van der Waals surface area contributed by atoms with Gasteiger partial charge in [0.15, 0.2) is 0 Å². The molecule has 1 N–H and O–H groups in total. The molecule has 0 saturated heterocycles. The molecule has 0 fully saturated rings. The summed E-state index contributed by atoms with van der Waals surface area (Å²) in [6.07, 6.45) is 2.25. The maximum Gasteiger partial charge on any atom is 0.307 e. The van der Waals surface area contributed by atoms with Gasteiger partial charge in [-0.15, -0.1) is 0 Å². The van der Waals surface area contributed by atoms with Gasteiger partial charge in [-0.05, 0) is 18.8 Å². The van der Waals surface area contributed by atoms with Gasteiger partial charge in [0.05, 0.1) is 5.92 Å². The molecule has 0 aliphatic carbocycles. The molecule has 0 aromatic heterocycles. The van der Waals surface area contributed by atoms with E-state index in [0.29, 0.717) is 11.5 Å². The van der Waals surface area contributed by atoms with Gasteiger partial charge < -0.3 is 5.11 Å². The van der Waals surface area contributed by atoms with Crippen LogP contribution in [0.15, 0.2) is 11.1 Å². The third kappa shape index (κ3) is 4.94. The lowest BCUT2D eigenvalue weighted by Crippen LogP contribution is -2.27. The van der Waals surface area contributed by atoms with Crippen molar-refractivity contribution in [2.24, 2.45) is 11.3 Å². The summed E-state index contributed by atoms with van der Waals surface area (Å²) in [4.78, 5) is 10.9. The highest BCUT2D eigenvalue weighted by Gasteiger charge is 2.29. The normalized spacial score (nSPS) is 15.6. The van der Waals surface area contributed by atoms with Gasteiger partial charge in [0.25, 0.3) is 0 Å². The Morgan fingerprint density at radius 2 is 2.00 bits per heavy atom. The van der Waals surface area contributed by atoms with Crippen LogP contribution in [0.1, 0.15) is 34.1 Å². The molecule has 0 aliphatic heterocycles. The first-order valence-corrected chi connectivity index (χ1v) is 4.68. The Morgan fingerprint density at radius 1 is 1.54 bits per heavy atom. The molecule has 0 spiro atoms. The van der Waals surface area contributed by atoms with Crippen LogP contribution in [0.2, 0.25) is 0 Å². The van der Waals surface area contributed by atoms with Gasteiger partial charge in [-0.25, -0.2) is 0 Å². The van der Waals surface area contributed by atoms with E-state index in [1.54, 1.807) is 13.0 Å². The largest absolute Gasteiger partial charge is 0.481 e. The van der Waals surface area contributed by atoms with Crippen molar-refractivity contribution >= 4 is 17.6 Å². The van der Waals surface area contributed by atoms with Crippen LogP contribution in [0.4, 0.5) is 0 Å². The Hall–Kier alpha value is -0.500. The number of allylic oxidation sites excluding steroid dienone is 2. The number of carboxylic acids is 1. The van der Waals surface area contributed by atoms with Crippen molar-refractivity contribution < 1.29 is 9.90 Å². The second-order valence-electron chi connectivity index (χ2n) is 4.28. The van der Waals surface area contributed by atoms with Gasteiger partial charge in [-0.3, -0.25) is 4.79 Å². The van der Waals surface area contributed by atoms with Gasteiger partial charge in [-0.1, -0.05) is 38.4 Å². The van der Waals surface area contributed by atoms with Crippen LogP contribution >= 0.6 is 11.6 Å². The summed E-state index contributed by atoms with van der Waals surface area (Å²) in [7, 11) is 0. The van der Waals surface area contributed by atoms with E-state index in [4.69, 9.17) is 16.7 Å². The maximum atomic E-state index is 10.9. The van der Waals surface area contributed by atoms with Crippen LogP contribution < -0.4 is 0 Å². The van der Waals surface area contributed by atoms with Crippen molar-refractivity contribution in [1.29, 1.82) is 0 Å². The number of rotatable bonds is 3. The second-order valence-corrected chi connectivity index (χ2v) is 4.88. The molecule has 0 heterocycles. The van der Waals surface area contributed by atoms with Gasteiger partial charge in [0, 0.05) is 5.03 Å². The zero-order valence-electron chi connectivity index (χ0n) is 8.60. The third-order valence-electron chi connectivity index (χ3n) is 1.98. The number of carboxylic acid groups (broad SMARTS) is 1. The summed E-state index contributed by atoms with van der Waals surface area (Å²) in [6, 6.07) is 0. The number of aliphatic carboxylic acids is 1. The Morgan fingerprint density at radius 3 is 2.23 bits per heavy atom. The van der Waals surface area contributed by atoms with Crippen molar-refractivity contribution in [2.45, 2.75) is 34.1 Å². The SMILES string of the molecule is C/C(Cl)=C/CC(C(=O)O)C(C)(C)C. The highest BCUT2D eigenvalue weighted by atomic mass is 35.5. The summed E-state index contributed by atoms with van der Waals surface area (Å²) in [5.41, 5.74) is -0.228. The van der Waals surface area contributed by atoms with Crippen molar-refractivity contribution in [3.05, 3.63) is 11.1 Å². The van der Waals surface area contributed by atoms with E-state index in [2.05, 4.69) is 0 Å². The summed E-state index contributed by atoms with van der Waals surface area (Å²) < 4.78 is 0. The van der Waals surface area contributed by atoms with Crippen LogP contribution in [-0.4, -0.2) is 11.1 Å². The summed E-state index contributed by atoms with van der Waals surface area (Å²) in [5, 5.41) is 9.60. The minimum Gasteiger partial charge on any atom is -0.481 e. The topological polar surface area (TPSA) is 37.3 Å². The Labute approximate surface area is 84.6 Å². The monoisotopic (exact) mass is 204 g/mol. The fraction of sp³-hybridized carbons (Fsp3) is 0.700. The molecule has 2 nitrogen and oxygen atoms in total. The van der Waals surface area contributed by atoms with Crippen LogP contribution in [0.3, 0.4) is 0 Å². The standard InChI is InChI=1S/C10H17ClO2/c1-7(11)5-6-8(9(12)13)10(2,3)4/h5,8H,6H2,1-4H3,(H,12,13)/b7-5-. The minimum absolute atomic E-state index is 0.228. The molecule has 0 rings (SSSR count). The summed E-state index contributed by atoms with van der Waals surface area (Å²) >= 11 is 5.64. The van der Waals surface area contributed by atoms with Crippen molar-refractivity contribution in [3.63, 3.8) is 0 Å². The van der Waals surface area contributed by atoms with Gasteiger partial charge >= 0.3 is 5.97 Å². The smallest absolute Gasteiger partial charge is 0.307 e. The van der Waals surface area contributed by atoms with E-state index < -0.39 is 5.97 Å². The Bertz CT molecular complexity index is 209. The predicted octanol–water partition coefficient (Wildman–Crippen LogP) is 3.27. The molecule has 1 unspecified atom stereocenters. The van der Waals surface area contributed by atoms with Gasteiger partial charge in [-0.2, -0.15) is 0 Å². The highest BCUT2D eigenvalue weighted by Crippen LogP contribution is 2.29. The molecule has 0 radical (unpaired) electrons. The zero-order valence-corrected chi connectivity index (χ0v) is 9.35. The molecule has 13 heavy (non-hydrogen) atoms. The van der Waals surface area contributed by atoms with Crippen molar-refractivity contribution in [3.8, 4) is 0 Å². The Kier molecular flexibility index (Phi) is 4.48. The second kappa shape index (κ2) is 4.66. The number of hydrogen-bond donors (Lipinski definition) is 1. The molecule has 0 saturated carbocycles. The lowest BCUT2D eigenvalue weighted by molar-refractivity contribution is -0.145. The molecule has 1 atom stereocenters. The van der Waals surface area contributed by atoms with Crippen LogP contribution in [0.25, 0.3) is 0 Å². The third-order valence-corrected chi connectivity index (χ3v) is 2.13. The molecule has 0 aliphatic rings. The van der Waals surface area contributed by atoms with E-state index in [0.717, 1.165) is 0 Å². The summed E-state index contributed by atoms with van der Waals surface area (Å²) in [5.74, 6) is -1.14. The molecular formula is C10H17ClO2. The average molecular weight is 205 g/mol. The van der Waals surface area contributed by atoms with E-state index in [9.17, 15) is 4.79 Å². The van der Waals surface area contributed by atoms with Gasteiger partial charge in [0.2, 0.25) is 0 Å². The zero-order chi connectivity index (χ0) is 10.6. The first-order chi connectivity index (χ1) is 5.75. The lowest BCUT2D eigenvalue weighted by atomic mass is 9.79.